The van der Waals surface area contributed by atoms with Crippen molar-refractivity contribution in [3.8, 4) is 11.6 Å². The Morgan fingerprint density at radius 2 is 2.04 bits per heavy atom. The average Bonchev–Trinajstić information content (AvgIpc) is 2.66. The molecule has 0 aliphatic carbocycles. The number of rotatable bonds is 5. The molecule has 1 amide bonds. The van der Waals surface area contributed by atoms with Gasteiger partial charge in [0, 0.05) is 30.6 Å². The number of ether oxygens (including phenoxy) is 1. The first-order chi connectivity index (χ1) is 12.9. The first-order valence-electron chi connectivity index (χ1n) is 7.67. The quantitative estimate of drug-likeness (QED) is 0.698. The van der Waals surface area contributed by atoms with Gasteiger partial charge in [0.1, 0.15) is 10.8 Å². The number of aromatic amines is 1. The monoisotopic (exact) mass is 391 g/mol. The summed E-state index contributed by atoms with van der Waals surface area (Å²) in [7, 11) is 0. The fourth-order valence-electron chi connectivity index (χ4n) is 2.17. The summed E-state index contributed by atoms with van der Waals surface area (Å²) in [5, 5.41) is 2.53. The van der Waals surface area contributed by atoms with E-state index in [-0.39, 0.29) is 28.8 Å². The van der Waals surface area contributed by atoms with Gasteiger partial charge in [-0.1, -0.05) is 17.7 Å². The predicted molar refractivity (Wildman–Crippen MR) is 93.9 cm³/mol. The zero-order valence-electron chi connectivity index (χ0n) is 13.6. The minimum Gasteiger partial charge on any atom is -0.439 e. The van der Waals surface area contributed by atoms with Crippen LogP contribution in [0.25, 0.3) is 0 Å². The molecule has 0 atom stereocenters. The van der Waals surface area contributed by atoms with Crippen LogP contribution in [-0.4, -0.2) is 15.9 Å². The Kier molecular flexibility index (Phi) is 5.46. The van der Waals surface area contributed by atoms with Crippen molar-refractivity contribution in [1.29, 1.82) is 0 Å². The molecule has 0 aliphatic heterocycles. The molecule has 0 saturated heterocycles. The van der Waals surface area contributed by atoms with Gasteiger partial charge in [0.2, 0.25) is 5.88 Å². The van der Waals surface area contributed by atoms with E-state index in [1.165, 1.54) is 24.5 Å². The van der Waals surface area contributed by atoms with Crippen molar-refractivity contribution in [2.75, 3.05) is 0 Å². The lowest BCUT2D eigenvalue weighted by molar-refractivity contribution is 0.0950. The average molecular weight is 392 g/mol. The second kappa shape index (κ2) is 7.96. The Morgan fingerprint density at radius 3 is 2.78 bits per heavy atom. The van der Waals surface area contributed by atoms with E-state index in [4.69, 9.17) is 16.3 Å². The minimum absolute atomic E-state index is 0.0441. The zero-order valence-corrected chi connectivity index (χ0v) is 14.4. The van der Waals surface area contributed by atoms with Gasteiger partial charge in [-0.15, -0.1) is 0 Å². The maximum absolute atomic E-state index is 13.3. The van der Waals surface area contributed by atoms with Gasteiger partial charge < -0.3 is 15.0 Å². The van der Waals surface area contributed by atoms with Crippen molar-refractivity contribution >= 4 is 17.5 Å². The Morgan fingerprint density at radius 1 is 1.22 bits per heavy atom. The van der Waals surface area contributed by atoms with E-state index in [9.17, 15) is 18.4 Å². The number of pyridine rings is 2. The SMILES string of the molecule is O=C(NCc1cccnc1Oc1ccc(F)c(F)c1)c1c[nH]c(=O)c(Cl)c1. The summed E-state index contributed by atoms with van der Waals surface area (Å²) >= 11 is 5.70. The van der Waals surface area contributed by atoms with E-state index >= 15 is 0 Å². The van der Waals surface area contributed by atoms with Crippen LogP contribution in [0.4, 0.5) is 8.78 Å². The number of benzene rings is 1. The first kappa shape index (κ1) is 18.5. The standard InChI is InChI=1S/C18H12ClF2N3O3/c19-13-6-11(9-24-17(13)26)16(25)23-8-10-2-1-5-22-18(10)27-12-3-4-14(20)15(21)7-12/h1-7,9H,8H2,(H,23,25)(H,24,26). The number of halogens is 3. The van der Waals surface area contributed by atoms with Crippen LogP contribution in [0.1, 0.15) is 15.9 Å². The lowest BCUT2D eigenvalue weighted by Gasteiger charge is -2.11. The third kappa shape index (κ3) is 4.48. The smallest absolute Gasteiger partial charge is 0.266 e. The van der Waals surface area contributed by atoms with Crippen LogP contribution in [0, 0.1) is 11.6 Å². The first-order valence-corrected chi connectivity index (χ1v) is 8.05. The van der Waals surface area contributed by atoms with Gasteiger partial charge in [0.25, 0.3) is 11.5 Å². The second-order valence-electron chi connectivity index (χ2n) is 5.39. The number of hydrogen-bond acceptors (Lipinski definition) is 4. The molecule has 3 aromatic rings. The van der Waals surface area contributed by atoms with Crippen LogP contribution in [0.5, 0.6) is 11.6 Å². The third-order valence-electron chi connectivity index (χ3n) is 3.52. The maximum atomic E-state index is 13.3. The number of carbonyl (C=O) groups excluding carboxylic acids is 1. The van der Waals surface area contributed by atoms with E-state index in [2.05, 4.69) is 15.3 Å². The number of nitrogens with zero attached hydrogens (tertiary/aromatic N) is 1. The van der Waals surface area contributed by atoms with Crippen molar-refractivity contribution in [3.05, 3.63) is 86.9 Å². The lowest BCUT2D eigenvalue weighted by Crippen LogP contribution is -2.24. The van der Waals surface area contributed by atoms with Gasteiger partial charge >= 0.3 is 0 Å². The summed E-state index contributed by atoms with van der Waals surface area (Å²) in [6, 6.07) is 7.64. The Hall–Kier alpha value is -3.26. The molecular weight excluding hydrogens is 380 g/mol. The fraction of sp³-hybridized carbons (Fsp3) is 0.0556. The molecule has 3 rings (SSSR count). The van der Waals surface area contributed by atoms with Crippen molar-refractivity contribution in [2.45, 2.75) is 6.54 Å². The molecule has 2 N–H and O–H groups in total. The number of carbonyl (C=O) groups is 1. The minimum atomic E-state index is -1.05. The Balaban J connectivity index is 1.73. The van der Waals surface area contributed by atoms with Crippen molar-refractivity contribution in [3.63, 3.8) is 0 Å². The number of hydrogen-bond donors (Lipinski definition) is 2. The number of aromatic nitrogens is 2. The highest BCUT2D eigenvalue weighted by Crippen LogP contribution is 2.24. The van der Waals surface area contributed by atoms with E-state index in [0.717, 1.165) is 12.1 Å². The fourth-order valence-corrected chi connectivity index (χ4v) is 2.34. The van der Waals surface area contributed by atoms with Crippen LogP contribution in [0.15, 0.2) is 53.6 Å². The second-order valence-corrected chi connectivity index (χ2v) is 5.80. The van der Waals surface area contributed by atoms with Gasteiger partial charge in [-0.2, -0.15) is 0 Å². The largest absolute Gasteiger partial charge is 0.439 e. The highest BCUT2D eigenvalue weighted by molar-refractivity contribution is 6.30. The summed E-state index contributed by atoms with van der Waals surface area (Å²) in [4.78, 5) is 29.8. The molecular formula is C18H12ClF2N3O3. The summed E-state index contributed by atoms with van der Waals surface area (Å²) in [6.07, 6.45) is 2.70. The number of nitrogens with one attached hydrogen (secondary N) is 2. The molecule has 6 nitrogen and oxygen atoms in total. The summed E-state index contributed by atoms with van der Waals surface area (Å²) < 4.78 is 31.8. The molecule has 0 aliphatic rings. The van der Waals surface area contributed by atoms with Gasteiger partial charge in [-0.25, -0.2) is 13.8 Å². The number of amides is 1. The van der Waals surface area contributed by atoms with Crippen LogP contribution in [0.3, 0.4) is 0 Å². The number of H-pyrrole nitrogens is 1. The Labute approximate surface area is 156 Å². The van der Waals surface area contributed by atoms with Crippen molar-refractivity contribution < 1.29 is 18.3 Å². The van der Waals surface area contributed by atoms with E-state index in [1.807, 2.05) is 0 Å². The highest BCUT2D eigenvalue weighted by atomic mass is 35.5. The summed E-state index contributed by atoms with van der Waals surface area (Å²) in [5.74, 6) is -2.32. The normalized spacial score (nSPS) is 10.5. The van der Waals surface area contributed by atoms with Gasteiger partial charge in [-0.05, 0) is 24.3 Å². The lowest BCUT2D eigenvalue weighted by atomic mass is 10.2. The van der Waals surface area contributed by atoms with E-state index in [0.29, 0.717) is 5.56 Å². The Bertz CT molecular complexity index is 1060. The summed E-state index contributed by atoms with van der Waals surface area (Å²) in [6.45, 7) is 0.0441. The van der Waals surface area contributed by atoms with Gasteiger partial charge in [0.15, 0.2) is 11.6 Å². The van der Waals surface area contributed by atoms with Crippen LogP contribution >= 0.6 is 11.6 Å². The topological polar surface area (TPSA) is 84.1 Å². The molecule has 2 aromatic heterocycles. The molecule has 0 unspecified atom stereocenters. The molecule has 138 valence electrons. The molecule has 0 bridgehead atoms. The molecule has 2 heterocycles. The molecule has 27 heavy (non-hydrogen) atoms. The van der Waals surface area contributed by atoms with E-state index < -0.39 is 23.1 Å². The van der Waals surface area contributed by atoms with Crippen molar-refractivity contribution in [2.24, 2.45) is 0 Å². The van der Waals surface area contributed by atoms with Crippen LogP contribution in [0.2, 0.25) is 5.02 Å². The zero-order chi connectivity index (χ0) is 19.4. The predicted octanol–water partition coefficient (Wildman–Crippen LogP) is 3.42. The maximum Gasteiger partial charge on any atom is 0.266 e. The molecule has 0 spiro atoms. The molecule has 0 fully saturated rings. The molecule has 1 aromatic carbocycles. The van der Waals surface area contributed by atoms with Gasteiger partial charge in [-0.3, -0.25) is 9.59 Å². The van der Waals surface area contributed by atoms with Crippen LogP contribution in [-0.2, 0) is 6.54 Å². The molecule has 0 saturated carbocycles. The highest BCUT2D eigenvalue weighted by Gasteiger charge is 2.12. The van der Waals surface area contributed by atoms with Gasteiger partial charge in [0.05, 0.1) is 5.56 Å². The molecule has 9 heteroatoms. The molecule has 0 radical (unpaired) electrons. The van der Waals surface area contributed by atoms with Crippen LogP contribution < -0.4 is 15.6 Å². The van der Waals surface area contributed by atoms with E-state index in [1.54, 1.807) is 12.1 Å². The summed E-state index contributed by atoms with van der Waals surface area (Å²) in [5.41, 5.74) is 0.181. The third-order valence-corrected chi connectivity index (χ3v) is 3.80. The van der Waals surface area contributed by atoms with Crippen molar-refractivity contribution in [1.82, 2.24) is 15.3 Å².